The van der Waals surface area contributed by atoms with Crippen LogP contribution in [0.5, 0.6) is 0 Å². The quantitative estimate of drug-likeness (QED) is 0.871. The van der Waals surface area contributed by atoms with Gasteiger partial charge >= 0.3 is 0 Å². The Kier molecular flexibility index (Phi) is 4.78. The Morgan fingerprint density at radius 1 is 1.53 bits per heavy atom. The van der Waals surface area contributed by atoms with Crippen molar-refractivity contribution >= 4 is 21.8 Å². The fourth-order valence-electron chi connectivity index (χ4n) is 1.30. The maximum Gasteiger partial charge on any atom is 0.237 e. The summed E-state index contributed by atoms with van der Waals surface area (Å²) in [7, 11) is 0. The van der Waals surface area contributed by atoms with Crippen LogP contribution in [0.4, 0.5) is 0 Å². The van der Waals surface area contributed by atoms with Crippen LogP contribution in [0.1, 0.15) is 12.5 Å². The lowest BCUT2D eigenvalue weighted by atomic mass is 10.1. The van der Waals surface area contributed by atoms with Crippen molar-refractivity contribution in [2.24, 2.45) is 5.73 Å². The number of hydrogen-bond donors (Lipinski definition) is 2. The molecule has 3 nitrogen and oxygen atoms in total. The first-order valence-electron chi connectivity index (χ1n) is 4.91. The molecule has 0 radical (unpaired) electrons. The SMILES string of the molecule is CCNC(=O)C(N)Cc1ccccc1Br. The summed E-state index contributed by atoms with van der Waals surface area (Å²) >= 11 is 3.43. The van der Waals surface area contributed by atoms with Gasteiger partial charge in [-0.15, -0.1) is 0 Å². The van der Waals surface area contributed by atoms with Gasteiger partial charge in [0.25, 0.3) is 0 Å². The summed E-state index contributed by atoms with van der Waals surface area (Å²) in [6, 6.07) is 7.29. The highest BCUT2D eigenvalue weighted by Gasteiger charge is 2.13. The third kappa shape index (κ3) is 3.64. The van der Waals surface area contributed by atoms with Gasteiger partial charge in [0.15, 0.2) is 0 Å². The van der Waals surface area contributed by atoms with Gasteiger partial charge in [-0.2, -0.15) is 0 Å². The highest BCUT2D eigenvalue weighted by molar-refractivity contribution is 9.10. The number of halogens is 1. The summed E-state index contributed by atoms with van der Waals surface area (Å²) in [5.74, 6) is -0.103. The molecule has 0 aliphatic rings. The third-order valence-electron chi connectivity index (χ3n) is 2.09. The molecule has 1 atom stereocenters. The van der Waals surface area contributed by atoms with Crippen molar-refractivity contribution in [1.29, 1.82) is 0 Å². The van der Waals surface area contributed by atoms with Gasteiger partial charge in [-0.3, -0.25) is 4.79 Å². The fourth-order valence-corrected chi connectivity index (χ4v) is 1.75. The number of nitrogens with one attached hydrogen (secondary N) is 1. The molecule has 4 heteroatoms. The van der Waals surface area contributed by atoms with Gasteiger partial charge in [-0.25, -0.2) is 0 Å². The van der Waals surface area contributed by atoms with Crippen LogP contribution in [0.15, 0.2) is 28.7 Å². The number of carbonyl (C=O) groups is 1. The Bertz CT molecular complexity index is 341. The minimum Gasteiger partial charge on any atom is -0.355 e. The summed E-state index contributed by atoms with van der Waals surface area (Å²) in [6.45, 7) is 2.49. The highest BCUT2D eigenvalue weighted by atomic mass is 79.9. The van der Waals surface area contributed by atoms with Crippen molar-refractivity contribution in [1.82, 2.24) is 5.32 Å². The Hall–Kier alpha value is -0.870. The van der Waals surface area contributed by atoms with E-state index in [1.807, 2.05) is 31.2 Å². The maximum atomic E-state index is 11.4. The van der Waals surface area contributed by atoms with E-state index in [2.05, 4.69) is 21.2 Å². The molecule has 1 rings (SSSR count). The van der Waals surface area contributed by atoms with Crippen LogP contribution in [0.3, 0.4) is 0 Å². The molecule has 3 N–H and O–H groups in total. The normalized spacial score (nSPS) is 12.2. The van der Waals surface area contributed by atoms with Crippen LogP contribution in [-0.4, -0.2) is 18.5 Å². The number of rotatable bonds is 4. The van der Waals surface area contributed by atoms with E-state index in [9.17, 15) is 4.79 Å². The molecule has 0 spiro atoms. The molecule has 0 fully saturated rings. The molecule has 15 heavy (non-hydrogen) atoms. The van der Waals surface area contributed by atoms with Gasteiger partial charge in [0.1, 0.15) is 0 Å². The molecule has 1 aromatic rings. The predicted octanol–water partition coefficient (Wildman–Crippen LogP) is 1.46. The Balaban J connectivity index is 2.62. The van der Waals surface area contributed by atoms with Crippen LogP contribution < -0.4 is 11.1 Å². The second-order valence-electron chi connectivity index (χ2n) is 3.30. The lowest BCUT2D eigenvalue weighted by Crippen LogP contribution is -2.41. The lowest BCUT2D eigenvalue weighted by molar-refractivity contribution is -0.122. The molecule has 0 heterocycles. The summed E-state index contributed by atoms with van der Waals surface area (Å²) in [6.07, 6.45) is 0.549. The number of amides is 1. The monoisotopic (exact) mass is 270 g/mol. The van der Waals surface area contributed by atoms with Crippen molar-refractivity contribution in [2.45, 2.75) is 19.4 Å². The van der Waals surface area contributed by atoms with Gasteiger partial charge in [-0.1, -0.05) is 34.1 Å². The molecular formula is C11H15BrN2O. The minimum atomic E-state index is -0.483. The van der Waals surface area contributed by atoms with Crippen LogP contribution in [0.2, 0.25) is 0 Å². The molecule has 0 saturated heterocycles. The number of carbonyl (C=O) groups excluding carboxylic acids is 1. The van der Waals surface area contributed by atoms with Crippen molar-refractivity contribution in [2.75, 3.05) is 6.54 Å². The first kappa shape index (κ1) is 12.2. The molecule has 1 aromatic carbocycles. The summed E-state index contributed by atoms with van der Waals surface area (Å²) in [5.41, 5.74) is 6.82. The average Bonchev–Trinajstić information content (AvgIpc) is 2.21. The molecule has 1 amide bonds. The Morgan fingerprint density at radius 2 is 2.20 bits per heavy atom. The fraction of sp³-hybridized carbons (Fsp3) is 0.364. The van der Waals surface area contributed by atoms with Crippen molar-refractivity contribution < 1.29 is 4.79 Å². The Morgan fingerprint density at radius 3 is 2.80 bits per heavy atom. The van der Waals surface area contributed by atoms with E-state index in [0.717, 1.165) is 10.0 Å². The standard InChI is InChI=1S/C11H15BrN2O/c1-2-14-11(15)10(13)7-8-5-3-4-6-9(8)12/h3-6,10H,2,7,13H2,1H3,(H,14,15). The lowest BCUT2D eigenvalue weighted by Gasteiger charge is -2.12. The first-order chi connectivity index (χ1) is 7.15. The summed E-state index contributed by atoms with van der Waals surface area (Å²) in [4.78, 5) is 11.4. The minimum absolute atomic E-state index is 0.103. The van der Waals surface area contributed by atoms with E-state index in [4.69, 9.17) is 5.73 Å². The van der Waals surface area contributed by atoms with E-state index in [1.165, 1.54) is 0 Å². The molecule has 1 unspecified atom stereocenters. The van der Waals surface area contributed by atoms with Gasteiger partial charge in [-0.05, 0) is 25.0 Å². The number of likely N-dealkylation sites (N-methyl/N-ethyl adjacent to an activating group) is 1. The van der Waals surface area contributed by atoms with E-state index in [1.54, 1.807) is 0 Å². The van der Waals surface area contributed by atoms with Crippen molar-refractivity contribution in [3.63, 3.8) is 0 Å². The van der Waals surface area contributed by atoms with Gasteiger partial charge in [0.05, 0.1) is 6.04 Å². The van der Waals surface area contributed by atoms with E-state index in [0.29, 0.717) is 13.0 Å². The largest absolute Gasteiger partial charge is 0.355 e. The summed E-state index contributed by atoms with van der Waals surface area (Å²) in [5, 5.41) is 2.71. The Labute approximate surface area is 98.2 Å². The van der Waals surface area contributed by atoms with Crippen molar-refractivity contribution in [3.05, 3.63) is 34.3 Å². The van der Waals surface area contributed by atoms with Gasteiger partial charge in [0, 0.05) is 11.0 Å². The molecular weight excluding hydrogens is 256 g/mol. The number of benzene rings is 1. The van der Waals surface area contributed by atoms with Crippen molar-refractivity contribution in [3.8, 4) is 0 Å². The zero-order valence-corrected chi connectivity index (χ0v) is 10.3. The molecule has 0 aliphatic carbocycles. The smallest absolute Gasteiger partial charge is 0.237 e. The molecule has 0 saturated carbocycles. The van der Waals surface area contributed by atoms with Crippen LogP contribution >= 0.6 is 15.9 Å². The van der Waals surface area contributed by atoms with Gasteiger partial charge in [0.2, 0.25) is 5.91 Å². The second-order valence-corrected chi connectivity index (χ2v) is 4.15. The van der Waals surface area contributed by atoms with Crippen LogP contribution in [-0.2, 0) is 11.2 Å². The number of hydrogen-bond acceptors (Lipinski definition) is 2. The second kappa shape index (κ2) is 5.88. The van der Waals surface area contributed by atoms with Crippen LogP contribution in [0.25, 0.3) is 0 Å². The predicted molar refractivity (Wildman–Crippen MR) is 64.5 cm³/mol. The average molecular weight is 271 g/mol. The van der Waals surface area contributed by atoms with E-state index >= 15 is 0 Å². The van der Waals surface area contributed by atoms with E-state index < -0.39 is 6.04 Å². The van der Waals surface area contributed by atoms with E-state index in [-0.39, 0.29) is 5.91 Å². The molecule has 82 valence electrons. The topological polar surface area (TPSA) is 55.1 Å². The zero-order chi connectivity index (χ0) is 11.3. The maximum absolute atomic E-state index is 11.4. The number of nitrogens with two attached hydrogens (primary N) is 1. The zero-order valence-electron chi connectivity index (χ0n) is 8.66. The first-order valence-corrected chi connectivity index (χ1v) is 5.71. The summed E-state index contributed by atoms with van der Waals surface area (Å²) < 4.78 is 0.991. The molecule has 0 aliphatic heterocycles. The molecule has 0 aromatic heterocycles. The highest BCUT2D eigenvalue weighted by Crippen LogP contribution is 2.16. The van der Waals surface area contributed by atoms with Crippen LogP contribution in [0, 0.1) is 0 Å². The molecule has 0 bridgehead atoms. The van der Waals surface area contributed by atoms with Gasteiger partial charge < -0.3 is 11.1 Å². The third-order valence-corrected chi connectivity index (χ3v) is 2.86.